The van der Waals surface area contributed by atoms with E-state index in [1.807, 2.05) is 16.8 Å². The molecule has 0 aliphatic heterocycles. The van der Waals surface area contributed by atoms with Crippen LogP contribution in [0.5, 0.6) is 0 Å². The van der Waals surface area contributed by atoms with E-state index >= 15 is 0 Å². The fraction of sp³-hybridized carbons (Fsp3) is 0.273. The molecule has 0 fully saturated rings. The summed E-state index contributed by atoms with van der Waals surface area (Å²) in [6.07, 6.45) is 11.9. The molecule has 2 heterocycles. The highest BCUT2D eigenvalue weighted by Crippen LogP contribution is 2.44. The molecular formula is C22H23F2N5. The maximum Gasteiger partial charge on any atom is 0.155 e. The highest BCUT2D eigenvalue weighted by atomic mass is 19.1. The Labute approximate surface area is 167 Å². The number of nitrogens with zero attached hydrogens (tertiary/aromatic N) is 3. The van der Waals surface area contributed by atoms with Gasteiger partial charge >= 0.3 is 0 Å². The molecule has 1 atom stereocenters. The SMILES string of the molecule is CCC1(c2cncc3nccn23)CCCC(/C=C(\N)c2c(F)cccc2F)=C1N. The van der Waals surface area contributed by atoms with Crippen molar-refractivity contribution >= 4 is 11.3 Å². The Hall–Kier alpha value is -3.22. The van der Waals surface area contributed by atoms with E-state index < -0.39 is 17.0 Å². The van der Waals surface area contributed by atoms with Crippen LogP contribution in [0, 0.1) is 11.6 Å². The van der Waals surface area contributed by atoms with Crippen LogP contribution >= 0.6 is 0 Å². The molecule has 4 N–H and O–H groups in total. The number of benzene rings is 1. The summed E-state index contributed by atoms with van der Waals surface area (Å²) in [7, 11) is 0. The summed E-state index contributed by atoms with van der Waals surface area (Å²) in [6, 6.07) is 3.70. The normalized spacial score (nSPS) is 20.4. The van der Waals surface area contributed by atoms with Crippen molar-refractivity contribution in [3.63, 3.8) is 0 Å². The van der Waals surface area contributed by atoms with E-state index in [4.69, 9.17) is 11.5 Å². The van der Waals surface area contributed by atoms with Crippen molar-refractivity contribution in [1.29, 1.82) is 0 Å². The first-order valence-corrected chi connectivity index (χ1v) is 9.66. The monoisotopic (exact) mass is 395 g/mol. The Morgan fingerprint density at radius 3 is 2.76 bits per heavy atom. The number of hydrogen-bond acceptors (Lipinski definition) is 4. The molecule has 0 saturated heterocycles. The Balaban J connectivity index is 1.86. The van der Waals surface area contributed by atoms with E-state index in [1.54, 1.807) is 18.5 Å². The minimum atomic E-state index is -0.692. The molecule has 7 heteroatoms. The minimum Gasteiger partial charge on any atom is -0.401 e. The molecule has 150 valence electrons. The summed E-state index contributed by atoms with van der Waals surface area (Å²) in [5, 5.41) is 0. The Morgan fingerprint density at radius 2 is 2.03 bits per heavy atom. The molecule has 1 aliphatic rings. The van der Waals surface area contributed by atoms with Gasteiger partial charge in [0.05, 0.1) is 22.9 Å². The van der Waals surface area contributed by atoms with E-state index in [9.17, 15) is 8.78 Å². The number of halogens is 2. The van der Waals surface area contributed by atoms with Gasteiger partial charge in [0.25, 0.3) is 0 Å². The molecule has 29 heavy (non-hydrogen) atoms. The van der Waals surface area contributed by atoms with E-state index in [0.717, 1.165) is 36.2 Å². The number of fused-ring (bicyclic) bond motifs is 1. The second-order valence-corrected chi connectivity index (χ2v) is 7.37. The smallest absolute Gasteiger partial charge is 0.155 e. The lowest BCUT2D eigenvalue weighted by molar-refractivity contribution is 0.388. The lowest BCUT2D eigenvalue weighted by Crippen LogP contribution is -2.37. The van der Waals surface area contributed by atoms with Crippen molar-refractivity contribution in [3.8, 4) is 0 Å². The summed E-state index contributed by atoms with van der Waals surface area (Å²) in [5.41, 5.74) is 15.3. The second-order valence-electron chi connectivity index (χ2n) is 7.37. The summed E-state index contributed by atoms with van der Waals surface area (Å²) >= 11 is 0. The zero-order valence-electron chi connectivity index (χ0n) is 16.2. The molecular weight excluding hydrogens is 372 g/mol. The van der Waals surface area contributed by atoms with Crippen molar-refractivity contribution in [1.82, 2.24) is 14.4 Å². The molecule has 0 radical (unpaired) electrons. The molecule has 0 saturated carbocycles. The van der Waals surface area contributed by atoms with Gasteiger partial charge in [0.2, 0.25) is 0 Å². The molecule has 0 spiro atoms. The first kappa shape index (κ1) is 19.1. The Morgan fingerprint density at radius 1 is 1.28 bits per heavy atom. The van der Waals surface area contributed by atoms with Gasteiger partial charge in [-0.1, -0.05) is 13.0 Å². The first-order chi connectivity index (χ1) is 14.0. The molecule has 1 aromatic carbocycles. The van der Waals surface area contributed by atoms with E-state index in [2.05, 4.69) is 16.9 Å². The average molecular weight is 395 g/mol. The molecule has 5 nitrogen and oxygen atoms in total. The van der Waals surface area contributed by atoms with Crippen LogP contribution in [0.2, 0.25) is 0 Å². The predicted molar refractivity (Wildman–Crippen MR) is 109 cm³/mol. The fourth-order valence-corrected chi connectivity index (χ4v) is 4.36. The quantitative estimate of drug-likeness (QED) is 0.698. The minimum absolute atomic E-state index is 0.0319. The topological polar surface area (TPSA) is 82.2 Å². The van der Waals surface area contributed by atoms with E-state index in [0.29, 0.717) is 12.1 Å². The standard InChI is InChI=1S/C22H23F2N5/c1-2-22(18-12-27-13-19-28-9-10-29(18)19)8-4-5-14(21(22)26)11-17(25)20-15(23)6-3-7-16(20)24/h3,6-7,9-13H,2,4-5,8,25-26H2,1H3/b17-11-. The Kier molecular flexibility index (Phi) is 4.82. The molecule has 2 aromatic heterocycles. The third kappa shape index (κ3) is 3.06. The van der Waals surface area contributed by atoms with Gasteiger partial charge in [-0.15, -0.1) is 0 Å². The van der Waals surface area contributed by atoms with Crippen LogP contribution in [0.15, 0.2) is 60.3 Å². The summed E-state index contributed by atoms with van der Waals surface area (Å²) < 4.78 is 30.3. The highest BCUT2D eigenvalue weighted by molar-refractivity contribution is 5.67. The van der Waals surface area contributed by atoms with Crippen molar-refractivity contribution in [2.75, 3.05) is 0 Å². The molecule has 0 amide bonds. The van der Waals surface area contributed by atoms with Gasteiger partial charge in [-0.25, -0.2) is 13.8 Å². The number of hydrogen-bond donors (Lipinski definition) is 2. The Bertz CT molecular complexity index is 1110. The van der Waals surface area contributed by atoms with Crippen LogP contribution in [0.1, 0.15) is 43.9 Å². The second kappa shape index (κ2) is 7.31. The van der Waals surface area contributed by atoms with E-state index in [1.165, 1.54) is 18.2 Å². The molecule has 3 aromatic rings. The van der Waals surface area contributed by atoms with Gasteiger partial charge < -0.3 is 15.9 Å². The van der Waals surface area contributed by atoms with Gasteiger partial charge in [0, 0.05) is 30.0 Å². The number of nitrogens with two attached hydrogens (primary N) is 2. The zero-order chi connectivity index (χ0) is 20.6. The van der Waals surface area contributed by atoms with Crippen molar-refractivity contribution in [2.45, 2.75) is 38.0 Å². The van der Waals surface area contributed by atoms with Crippen molar-refractivity contribution in [3.05, 3.63) is 83.2 Å². The maximum atomic E-state index is 14.1. The zero-order valence-corrected chi connectivity index (χ0v) is 16.2. The van der Waals surface area contributed by atoms with Gasteiger partial charge in [0.15, 0.2) is 5.65 Å². The molecule has 0 bridgehead atoms. The third-order valence-corrected chi connectivity index (χ3v) is 5.90. The predicted octanol–water partition coefficient (Wildman–Crippen LogP) is 4.05. The maximum absolute atomic E-state index is 14.1. The lowest BCUT2D eigenvalue weighted by Gasteiger charge is -2.38. The largest absolute Gasteiger partial charge is 0.401 e. The van der Waals surface area contributed by atoms with Crippen LogP contribution in [0.3, 0.4) is 0 Å². The van der Waals surface area contributed by atoms with Crippen LogP contribution in [0.4, 0.5) is 8.78 Å². The number of rotatable bonds is 4. The first-order valence-electron chi connectivity index (χ1n) is 9.66. The van der Waals surface area contributed by atoms with Gasteiger partial charge in [-0.05, 0) is 49.5 Å². The third-order valence-electron chi connectivity index (χ3n) is 5.90. The van der Waals surface area contributed by atoms with Gasteiger partial charge in [-0.3, -0.25) is 4.98 Å². The van der Waals surface area contributed by atoms with Crippen LogP contribution < -0.4 is 11.5 Å². The van der Waals surface area contributed by atoms with Crippen LogP contribution in [-0.2, 0) is 5.41 Å². The van der Waals surface area contributed by atoms with Crippen LogP contribution in [-0.4, -0.2) is 14.4 Å². The number of allylic oxidation sites excluding steroid dienone is 3. The average Bonchev–Trinajstić information content (AvgIpc) is 3.19. The number of aromatic nitrogens is 3. The summed E-state index contributed by atoms with van der Waals surface area (Å²) in [6.45, 7) is 2.08. The highest BCUT2D eigenvalue weighted by Gasteiger charge is 2.39. The summed E-state index contributed by atoms with van der Waals surface area (Å²) in [5.74, 6) is -1.38. The van der Waals surface area contributed by atoms with Crippen molar-refractivity contribution < 1.29 is 8.78 Å². The van der Waals surface area contributed by atoms with E-state index in [-0.39, 0.29) is 11.3 Å². The number of imidazole rings is 1. The van der Waals surface area contributed by atoms with Crippen LogP contribution in [0.25, 0.3) is 11.3 Å². The van der Waals surface area contributed by atoms with Gasteiger partial charge in [-0.2, -0.15) is 0 Å². The molecule has 1 aliphatic carbocycles. The fourth-order valence-electron chi connectivity index (χ4n) is 4.36. The summed E-state index contributed by atoms with van der Waals surface area (Å²) in [4.78, 5) is 8.66. The molecule has 4 rings (SSSR count). The molecule has 1 unspecified atom stereocenters. The van der Waals surface area contributed by atoms with Crippen molar-refractivity contribution in [2.24, 2.45) is 11.5 Å². The lowest BCUT2D eigenvalue weighted by atomic mass is 9.69. The van der Waals surface area contributed by atoms with Gasteiger partial charge in [0.1, 0.15) is 11.6 Å².